The first kappa shape index (κ1) is 24.5. The second-order valence-electron chi connectivity index (χ2n) is 7.29. The van der Waals surface area contributed by atoms with Crippen molar-refractivity contribution in [2.75, 3.05) is 37.6 Å². The third-order valence-electron chi connectivity index (χ3n) is 5.16. The molecule has 0 radical (unpaired) electrons. The van der Waals surface area contributed by atoms with Crippen LogP contribution in [0, 0.1) is 10.1 Å². The van der Waals surface area contributed by atoms with Crippen LogP contribution in [0.3, 0.4) is 0 Å². The van der Waals surface area contributed by atoms with Crippen molar-refractivity contribution in [1.82, 2.24) is 9.62 Å². The van der Waals surface area contributed by atoms with Gasteiger partial charge in [-0.25, -0.2) is 13.1 Å². The zero-order valence-electron chi connectivity index (χ0n) is 17.3. The first-order valence-electron chi connectivity index (χ1n) is 9.92. The molecule has 0 saturated carbocycles. The summed E-state index contributed by atoms with van der Waals surface area (Å²) in [6.07, 6.45) is -4.77. The topological polar surface area (TPSA) is 113 Å². The quantitative estimate of drug-likeness (QED) is 0.476. The predicted octanol–water partition coefficient (Wildman–Crippen LogP) is 2.63. The highest BCUT2D eigenvalue weighted by Gasteiger charge is 2.34. The molecule has 13 heteroatoms. The van der Waals surface area contributed by atoms with E-state index in [-0.39, 0.29) is 55.6 Å². The molecular weight excluding hydrogens is 465 g/mol. The summed E-state index contributed by atoms with van der Waals surface area (Å²) in [4.78, 5) is 26.0. The molecule has 0 unspecified atom stereocenters. The van der Waals surface area contributed by atoms with Crippen molar-refractivity contribution >= 4 is 27.3 Å². The number of sulfonamides is 1. The molecule has 0 aliphatic carbocycles. The van der Waals surface area contributed by atoms with Gasteiger partial charge in [0.2, 0.25) is 15.9 Å². The van der Waals surface area contributed by atoms with E-state index in [2.05, 4.69) is 4.72 Å². The van der Waals surface area contributed by atoms with E-state index in [1.165, 1.54) is 17.0 Å². The largest absolute Gasteiger partial charge is 0.416 e. The Morgan fingerprint density at radius 2 is 1.70 bits per heavy atom. The number of nitro groups is 1. The molecule has 9 nitrogen and oxygen atoms in total. The van der Waals surface area contributed by atoms with Gasteiger partial charge in [0, 0.05) is 45.2 Å². The Morgan fingerprint density at radius 3 is 2.27 bits per heavy atom. The van der Waals surface area contributed by atoms with Crippen molar-refractivity contribution < 1.29 is 31.3 Å². The molecule has 1 fully saturated rings. The van der Waals surface area contributed by atoms with E-state index < -0.39 is 32.4 Å². The van der Waals surface area contributed by atoms with Gasteiger partial charge in [-0.15, -0.1) is 0 Å². The summed E-state index contributed by atoms with van der Waals surface area (Å²) in [6, 6.07) is 10.1. The van der Waals surface area contributed by atoms with Gasteiger partial charge in [0.05, 0.1) is 15.4 Å². The minimum absolute atomic E-state index is 0.0516. The third kappa shape index (κ3) is 5.99. The van der Waals surface area contributed by atoms with Gasteiger partial charge in [-0.1, -0.05) is 18.2 Å². The molecule has 1 saturated heterocycles. The number of rotatable bonds is 7. The average molecular weight is 486 g/mol. The maximum Gasteiger partial charge on any atom is 0.416 e. The molecule has 1 heterocycles. The Labute approximate surface area is 188 Å². The Morgan fingerprint density at radius 1 is 1.06 bits per heavy atom. The van der Waals surface area contributed by atoms with Crippen molar-refractivity contribution in [2.45, 2.75) is 17.5 Å². The van der Waals surface area contributed by atoms with Crippen molar-refractivity contribution in [2.24, 2.45) is 0 Å². The molecule has 1 N–H and O–H groups in total. The SMILES string of the molecule is O=C(CCNS(=O)(=O)c1ccccc1)N1CCN(c2ccc(C(F)(F)F)cc2[N+](=O)[O-])CC1. The summed E-state index contributed by atoms with van der Waals surface area (Å²) in [5.41, 5.74) is -1.71. The fourth-order valence-electron chi connectivity index (χ4n) is 3.44. The molecule has 2 aromatic carbocycles. The van der Waals surface area contributed by atoms with Crippen LogP contribution >= 0.6 is 0 Å². The van der Waals surface area contributed by atoms with E-state index in [9.17, 15) is 36.5 Å². The zero-order valence-corrected chi connectivity index (χ0v) is 18.1. The fraction of sp³-hybridized carbons (Fsp3) is 0.350. The number of nitro benzene ring substituents is 1. The van der Waals surface area contributed by atoms with Gasteiger partial charge in [-0.2, -0.15) is 13.2 Å². The molecule has 33 heavy (non-hydrogen) atoms. The van der Waals surface area contributed by atoms with Crippen LogP contribution in [0.5, 0.6) is 0 Å². The van der Waals surface area contributed by atoms with Crippen LogP contribution in [-0.2, 0) is 21.0 Å². The maximum absolute atomic E-state index is 12.9. The van der Waals surface area contributed by atoms with Crippen LogP contribution in [0.25, 0.3) is 0 Å². The highest BCUT2D eigenvalue weighted by Crippen LogP contribution is 2.36. The molecular formula is C20H21F3N4O5S. The van der Waals surface area contributed by atoms with E-state index in [1.807, 2.05) is 0 Å². The Balaban J connectivity index is 1.56. The average Bonchev–Trinajstić information content (AvgIpc) is 2.78. The zero-order chi connectivity index (χ0) is 24.2. The normalized spacial score (nSPS) is 14.9. The van der Waals surface area contributed by atoms with E-state index in [0.717, 1.165) is 12.1 Å². The smallest absolute Gasteiger partial charge is 0.362 e. The number of nitrogens with zero attached hydrogens (tertiary/aromatic N) is 3. The number of nitrogens with one attached hydrogen (secondary N) is 1. The van der Waals surface area contributed by atoms with Gasteiger partial charge >= 0.3 is 6.18 Å². The lowest BCUT2D eigenvalue weighted by Gasteiger charge is -2.36. The molecule has 1 amide bonds. The van der Waals surface area contributed by atoms with Crippen LogP contribution in [0.2, 0.25) is 0 Å². The van der Waals surface area contributed by atoms with Crippen LogP contribution in [0.1, 0.15) is 12.0 Å². The lowest BCUT2D eigenvalue weighted by Crippen LogP contribution is -2.49. The minimum Gasteiger partial charge on any atom is -0.362 e. The van der Waals surface area contributed by atoms with Crippen molar-refractivity contribution in [3.63, 3.8) is 0 Å². The summed E-state index contributed by atoms with van der Waals surface area (Å²) >= 11 is 0. The molecule has 1 aliphatic rings. The number of alkyl halides is 3. The molecule has 2 aromatic rings. The number of benzene rings is 2. The highest BCUT2D eigenvalue weighted by molar-refractivity contribution is 7.89. The van der Waals surface area contributed by atoms with Crippen molar-refractivity contribution in [3.05, 3.63) is 64.2 Å². The number of halogens is 3. The number of amides is 1. The van der Waals surface area contributed by atoms with Crippen molar-refractivity contribution in [3.8, 4) is 0 Å². The monoisotopic (exact) mass is 486 g/mol. The van der Waals surface area contributed by atoms with Gasteiger partial charge in [0.15, 0.2) is 0 Å². The summed E-state index contributed by atoms with van der Waals surface area (Å²) in [5.74, 6) is -0.299. The molecule has 178 valence electrons. The first-order valence-corrected chi connectivity index (χ1v) is 11.4. The number of carbonyl (C=O) groups excluding carboxylic acids is 1. The first-order chi connectivity index (χ1) is 15.5. The Kier molecular flexibility index (Phi) is 7.22. The standard InChI is InChI=1S/C20H21F3N4O5S/c21-20(22,23)15-6-7-17(18(14-15)27(29)30)25-10-12-26(13-11-25)19(28)8-9-24-33(31,32)16-4-2-1-3-5-16/h1-7,14,24H,8-13H2. The fourth-order valence-corrected chi connectivity index (χ4v) is 4.50. The summed E-state index contributed by atoms with van der Waals surface area (Å²) in [6.45, 7) is 0.674. The molecule has 3 rings (SSSR count). The molecule has 0 spiro atoms. The third-order valence-corrected chi connectivity index (χ3v) is 6.63. The van der Waals surface area contributed by atoms with Gasteiger partial charge in [-0.3, -0.25) is 14.9 Å². The lowest BCUT2D eigenvalue weighted by atomic mass is 10.1. The highest BCUT2D eigenvalue weighted by atomic mass is 32.2. The van der Waals surface area contributed by atoms with Crippen LogP contribution in [-0.4, -0.2) is 56.9 Å². The van der Waals surface area contributed by atoms with E-state index in [1.54, 1.807) is 23.1 Å². The summed E-state index contributed by atoms with van der Waals surface area (Å²) in [5, 5.41) is 11.3. The van der Waals surface area contributed by atoms with Crippen LogP contribution in [0.4, 0.5) is 24.5 Å². The molecule has 0 aromatic heterocycles. The van der Waals surface area contributed by atoms with Crippen LogP contribution < -0.4 is 9.62 Å². The summed E-state index contributed by atoms with van der Waals surface area (Å²) < 4.78 is 65.4. The maximum atomic E-state index is 12.9. The second kappa shape index (κ2) is 9.75. The van der Waals surface area contributed by atoms with E-state index in [0.29, 0.717) is 6.07 Å². The van der Waals surface area contributed by atoms with Crippen LogP contribution in [0.15, 0.2) is 53.4 Å². The Hall–Kier alpha value is -3.19. The number of carbonyl (C=O) groups is 1. The number of hydrogen-bond donors (Lipinski definition) is 1. The Bertz CT molecular complexity index is 1120. The van der Waals surface area contributed by atoms with Gasteiger partial charge in [0.1, 0.15) is 5.69 Å². The minimum atomic E-state index is -4.70. The predicted molar refractivity (Wildman–Crippen MR) is 113 cm³/mol. The number of anilines is 1. The van der Waals surface area contributed by atoms with Gasteiger partial charge in [0.25, 0.3) is 5.69 Å². The number of piperazine rings is 1. The second-order valence-corrected chi connectivity index (χ2v) is 9.05. The van der Waals surface area contributed by atoms with Gasteiger partial charge < -0.3 is 9.80 Å². The number of hydrogen-bond acceptors (Lipinski definition) is 6. The molecule has 0 atom stereocenters. The molecule has 1 aliphatic heterocycles. The van der Waals surface area contributed by atoms with E-state index >= 15 is 0 Å². The summed E-state index contributed by atoms with van der Waals surface area (Å²) in [7, 11) is -3.73. The van der Waals surface area contributed by atoms with Crippen molar-refractivity contribution in [1.29, 1.82) is 0 Å². The van der Waals surface area contributed by atoms with E-state index in [4.69, 9.17) is 0 Å². The lowest BCUT2D eigenvalue weighted by molar-refractivity contribution is -0.384. The molecule has 0 bridgehead atoms. The van der Waals surface area contributed by atoms with Gasteiger partial charge in [-0.05, 0) is 24.3 Å².